The third-order valence-electron chi connectivity index (χ3n) is 5.73. The van der Waals surface area contributed by atoms with E-state index in [1.807, 2.05) is 6.08 Å². The second kappa shape index (κ2) is 12.2. The summed E-state index contributed by atoms with van der Waals surface area (Å²) in [5.74, 6) is 0. The number of halogens is 1. The second-order valence-corrected chi connectivity index (χ2v) is 11.3. The van der Waals surface area contributed by atoms with Crippen molar-refractivity contribution in [2.24, 2.45) is 0 Å². The van der Waals surface area contributed by atoms with Gasteiger partial charge in [-0.2, -0.15) is 5.26 Å². The van der Waals surface area contributed by atoms with Crippen molar-refractivity contribution in [3.63, 3.8) is 0 Å². The zero-order valence-corrected chi connectivity index (χ0v) is 20.2. The summed E-state index contributed by atoms with van der Waals surface area (Å²) in [5.41, 5.74) is 2.63. The molecule has 0 aromatic heterocycles. The molecule has 0 N–H and O–H groups in total. The molecule has 1 nitrogen and oxygen atoms in total. The molecule has 4 aromatic rings. The fourth-order valence-corrected chi connectivity index (χ4v) is 8.48. The lowest BCUT2D eigenvalue weighted by Crippen LogP contribution is -3.00. The van der Waals surface area contributed by atoms with E-state index in [2.05, 4.69) is 127 Å². The fraction of sp³-hybridized carbons (Fsp3) is 0.100. The predicted octanol–water partition coefficient (Wildman–Crippen LogP) is 3.20. The zero-order valence-electron chi connectivity index (χ0n) is 18.5. The standard InChI is InChI=1S/C30H27NP.ClH/c31-23-12-4-5-14-26-15-13-16-27(24-26)25-32(28-17-6-1-7-18-28,29-19-8-2-9-20-29)30-21-10-3-11-22-30;/h1-11,13,15-22,24H,12,14,25H2;1H/q+1;/p-1. The summed E-state index contributed by atoms with van der Waals surface area (Å²) >= 11 is 0. The highest BCUT2D eigenvalue weighted by molar-refractivity contribution is 7.95. The van der Waals surface area contributed by atoms with Gasteiger partial charge < -0.3 is 12.4 Å². The monoisotopic (exact) mass is 467 g/mol. The van der Waals surface area contributed by atoms with Crippen LogP contribution in [-0.2, 0) is 12.6 Å². The van der Waals surface area contributed by atoms with Gasteiger partial charge in [0.05, 0.1) is 18.7 Å². The fourth-order valence-electron chi connectivity index (χ4n) is 4.25. The van der Waals surface area contributed by atoms with Crippen molar-refractivity contribution in [1.82, 2.24) is 0 Å². The molecule has 0 aliphatic rings. The molecule has 4 rings (SSSR count). The van der Waals surface area contributed by atoms with E-state index in [1.54, 1.807) is 0 Å². The van der Waals surface area contributed by atoms with Crippen LogP contribution in [0.1, 0.15) is 17.5 Å². The van der Waals surface area contributed by atoms with Gasteiger partial charge in [-0.15, -0.1) is 0 Å². The highest BCUT2D eigenvalue weighted by atomic mass is 35.5. The first-order chi connectivity index (χ1) is 15.8. The van der Waals surface area contributed by atoms with Crippen LogP contribution in [0.3, 0.4) is 0 Å². The van der Waals surface area contributed by atoms with E-state index in [1.165, 1.54) is 27.0 Å². The van der Waals surface area contributed by atoms with Crippen LogP contribution in [0, 0.1) is 11.3 Å². The van der Waals surface area contributed by atoms with E-state index in [-0.39, 0.29) is 12.4 Å². The Morgan fingerprint density at radius 1 is 0.606 bits per heavy atom. The van der Waals surface area contributed by atoms with Crippen molar-refractivity contribution in [2.45, 2.75) is 19.0 Å². The molecule has 164 valence electrons. The van der Waals surface area contributed by atoms with E-state index in [0.29, 0.717) is 6.42 Å². The Morgan fingerprint density at radius 2 is 1.09 bits per heavy atom. The van der Waals surface area contributed by atoms with Crippen LogP contribution in [-0.4, -0.2) is 0 Å². The molecule has 0 bridgehead atoms. The maximum atomic E-state index is 8.76. The lowest BCUT2D eigenvalue weighted by Gasteiger charge is -2.28. The molecule has 0 heterocycles. The van der Waals surface area contributed by atoms with E-state index in [0.717, 1.165) is 12.6 Å². The van der Waals surface area contributed by atoms with Crippen LogP contribution in [0.25, 0.3) is 0 Å². The smallest absolute Gasteiger partial charge is 0.116 e. The van der Waals surface area contributed by atoms with Crippen molar-refractivity contribution in [3.8, 4) is 6.07 Å². The first-order valence-electron chi connectivity index (χ1n) is 11.0. The third-order valence-corrected chi connectivity index (χ3v) is 10.1. The van der Waals surface area contributed by atoms with Gasteiger partial charge in [-0.1, -0.05) is 91.0 Å². The van der Waals surface area contributed by atoms with Gasteiger partial charge >= 0.3 is 0 Å². The average molecular weight is 468 g/mol. The summed E-state index contributed by atoms with van der Waals surface area (Å²) in [7, 11) is -1.89. The summed E-state index contributed by atoms with van der Waals surface area (Å²) in [6.45, 7) is 0. The maximum absolute atomic E-state index is 8.76. The van der Waals surface area contributed by atoms with Crippen LogP contribution in [0.5, 0.6) is 0 Å². The largest absolute Gasteiger partial charge is 1.00 e. The Bertz CT molecular complexity index is 1100. The first kappa shape index (κ1) is 24.5. The number of rotatable bonds is 8. The van der Waals surface area contributed by atoms with Gasteiger partial charge in [0, 0.05) is 0 Å². The highest BCUT2D eigenvalue weighted by Gasteiger charge is 2.45. The van der Waals surface area contributed by atoms with Crippen molar-refractivity contribution in [1.29, 1.82) is 5.26 Å². The van der Waals surface area contributed by atoms with Crippen LogP contribution < -0.4 is 28.3 Å². The molecular weight excluding hydrogens is 441 g/mol. The minimum Gasteiger partial charge on any atom is -1.00 e. The number of hydrogen-bond donors (Lipinski definition) is 0. The topological polar surface area (TPSA) is 23.8 Å². The molecule has 0 aliphatic carbocycles. The zero-order chi connectivity index (χ0) is 22.1. The normalized spacial score (nSPS) is 11.0. The Labute approximate surface area is 204 Å². The Kier molecular flexibility index (Phi) is 9.03. The number of hydrogen-bond acceptors (Lipinski definition) is 1. The summed E-state index contributed by atoms with van der Waals surface area (Å²) in [6.07, 6.45) is 6.33. The Balaban J connectivity index is 0.00000306. The van der Waals surface area contributed by atoms with Gasteiger partial charge in [-0.3, -0.25) is 0 Å². The van der Waals surface area contributed by atoms with Gasteiger partial charge in [-0.05, 0) is 53.9 Å². The van der Waals surface area contributed by atoms with Crippen LogP contribution in [0.2, 0.25) is 0 Å². The minimum atomic E-state index is -1.89. The maximum Gasteiger partial charge on any atom is 0.116 e. The highest BCUT2D eigenvalue weighted by Crippen LogP contribution is 2.58. The molecule has 0 aliphatic heterocycles. The van der Waals surface area contributed by atoms with Crippen molar-refractivity contribution in [3.05, 3.63) is 139 Å². The molecule has 0 saturated carbocycles. The summed E-state index contributed by atoms with van der Waals surface area (Å²) < 4.78 is 0. The van der Waals surface area contributed by atoms with Crippen molar-refractivity contribution < 1.29 is 12.4 Å². The quantitative estimate of drug-likeness (QED) is 0.288. The van der Waals surface area contributed by atoms with Crippen LogP contribution >= 0.6 is 7.26 Å². The molecule has 0 spiro atoms. The molecule has 33 heavy (non-hydrogen) atoms. The Hall–Kier alpha value is -3.17. The van der Waals surface area contributed by atoms with Gasteiger partial charge in [-0.25, -0.2) is 0 Å². The average Bonchev–Trinajstić information content (AvgIpc) is 2.87. The van der Waals surface area contributed by atoms with Gasteiger partial charge in [0.1, 0.15) is 23.2 Å². The second-order valence-electron chi connectivity index (χ2n) is 7.83. The van der Waals surface area contributed by atoms with Crippen LogP contribution in [0.4, 0.5) is 0 Å². The van der Waals surface area contributed by atoms with E-state index in [4.69, 9.17) is 5.26 Å². The summed E-state index contributed by atoms with van der Waals surface area (Å²) in [5, 5.41) is 13.0. The lowest BCUT2D eigenvalue weighted by atomic mass is 10.1. The molecule has 3 heteroatoms. The minimum absolute atomic E-state index is 0. The SMILES string of the molecule is N#CCC=CCc1cccc(C[P+](c2ccccc2)(c2ccccc2)c2ccccc2)c1.[Cl-]. The van der Waals surface area contributed by atoms with Crippen LogP contribution in [0.15, 0.2) is 127 Å². The Morgan fingerprint density at radius 3 is 1.58 bits per heavy atom. The van der Waals surface area contributed by atoms with Crippen molar-refractivity contribution >= 4 is 23.2 Å². The van der Waals surface area contributed by atoms with E-state index >= 15 is 0 Å². The summed E-state index contributed by atoms with van der Waals surface area (Å²) in [4.78, 5) is 0. The molecule has 4 aromatic carbocycles. The van der Waals surface area contributed by atoms with Gasteiger partial charge in [0.15, 0.2) is 0 Å². The lowest BCUT2D eigenvalue weighted by molar-refractivity contribution is -0.00000652. The van der Waals surface area contributed by atoms with E-state index in [9.17, 15) is 0 Å². The molecule has 0 fully saturated rings. The number of nitrogens with zero attached hydrogens (tertiary/aromatic N) is 1. The molecule has 0 amide bonds. The molecule has 0 saturated heterocycles. The number of allylic oxidation sites excluding steroid dienone is 2. The van der Waals surface area contributed by atoms with Gasteiger partial charge in [0.2, 0.25) is 0 Å². The molecule has 0 radical (unpaired) electrons. The summed E-state index contributed by atoms with van der Waals surface area (Å²) in [6, 6.07) is 44.1. The molecule has 0 unspecified atom stereocenters. The number of nitriles is 1. The third kappa shape index (κ3) is 5.80. The predicted molar refractivity (Wildman–Crippen MR) is 138 cm³/mol. The first-order valence-corrected chi connectivity index (χ1v) is 12.9. The number of benzene rings is 4. The van der Waals surface area contributed by atoms with Gasteiger partial charge in [0.25, 0.3) is 0 Å². The van der Waals surface area contributed by atoms with E-state index < -0.39 is 7.26 Å². The molecule has 0 atom stereocenters. The molecular formula is C30H27ClNP. The van der Waals surface area contributed by atoms with Crippen molar-refractivity contribution in [2.75, 3.05) is 0 Å².